The van der Waals surface area contributed by atoms with Gasteiger partial charge in [0.05, 0.1) is 0 Å². The van der Waals surface area contributed by atoms with Crippen LogP contribution in [-0.4, -0.2) is 30.4 Å². The zero-order chi connectivity index (χ0) is 11.3. The molecule has 1 heterocycles. The Morgan fingerprint density at radius 3 is 2.19 bits per heavy atom. The van der Waals surface area contributed by atoms with Gasteiger partial charge < -0.3 is 4.90 Å². The van der Waals surface area contributed by atoms with Gasteiger partial charge in [-0.25, -0.2) is 0 Å². The molecular weight excluding hydrogens is 218 g/mol. The third kappa shape index (κ3) is 3.37. The van der Waals surface area contributed by atoms with Crippen molar-refractivity contribution in [1.82, 2.24) is 4.90 Å². The second-order valence-corrected chi connectivity index (χ2v) is 6.18. The van der Waals surface area contributed by atoms with Crippen LogP contribution in [0.2, 0.25) is 0 Å². The van der Waals surface area contributed by atoms with Crippen molar-refractivity contribution in [3.05, 3.63) is 0 Å². The Labute approximate surface area is 106 Å². The second-order valence-electron chi connectivity index (χ2n) is 5.80. The molecule has 0 amide bonds. The maximum atomic E-state index is 5.69. The van der Waals surface area contributed by atoms with E-state index in [9.17, 15) is 0 Å². The molecule has 1 spiro atoms. The summed E-state index contributed by atoms with van der Waals surface area (Å²) in [6.45, 7) is 4.04. The molecule has 2 rings (SSSR count). The van der Waals surface area contributed by atoms with Crippen molar-refractivity contribution in [3.63, 3.8) is 0 Å². The molecule has 1 nitrogen and oxygen atoms in total. The Kier molecular flexibility index (Phi) is 4.97. The Bertz CT molecular complexity index is 189. The van der Waals surface area contributed by atoms with Crippen LogP contribution in [0.25, 0.3) is 0 Å². The number of rotatable bonds is 5. The van der Waals surface area contributed by atoms with E-state index in [1.165, 1.54) is 77.4 Å². The third-order valence-electron chi connectivity index (χ3n) is 4.69. The molecule has 1 saturated heterocycles. The number of halogens is 1. The standard InChI is InChI=1S/C14H26ClN/c15-10-4-1-5-11-16-12-8-14(9-13-16)6-2-3-7-14/h1-13H2. The molecule has 16 heavy (non-hydrogen) atoms. The summed E-state index contributed by atoms with van der Waals surface area (Å²) in [5.41, 5.74) is 0.784. The summed E-state index contributed by atoms with van der Waals surface area (Å²) in [6, 6.07) is 0. The molecule has 0 aromatic rings. The SMILES string of the molecule is ClCCCCCN1CCC2(CCCC2)CC1. The van der Waals surface area contributed by atoms with Crippen LogP contribution < -0.4 is 0 Å². The average Bonchev–Trinajstić information content (AvgIpc) is 2.76. The van der Waals surface area contributed by atoms with Crippen LogP contribution in [0.15, 0.2) is 0 Å². The second kappa shape index (κ2) is 6.26. The Balaban J connectivity index is 1.61. The number of unbranched alkanes of at least 4 members (excludes halogenated alkanes) is 2. The van der Waals surface area contributed by atoms with Crippen LogP contribution in [-0.2, 0) is 0 Å². The molecule has 2 heteroatoms. The van der Waals surface area contributed by atoms with E-state index in [1.54, 1.807) is 0 Å². The predicted molar refractivity (Wildman–Crippen MR) is 71.1 cm³/mol. The number of likely N-dealkylation sites (tertiary alicyclic amines) is 1. The van der Waals surface area contributed by atoms with Gasteiger partial charge in [0.25, 0.3) is 0 Å². The zero-order valence-electron chi connectivity index (χ0n) is 10.5. The predicted octanol–water partition coefficient (Wildman–Crippen LogP) is 4.05. The number of hydrogen-bond donors (Lipinski definition) is 0. The van der Waals surface area contributed by atoms with Gasteiger partial charge in [-0.1, -0.05) is 19.3 Å². The molecular formula is C14H26ClN. The molecule has 0 aromatic carbocycles. The van der Waals surface area contributed by atoms with E-state index >= 15 is 0 Å². The van der Waals surface area contributed by atoms with Crippen LogP contribution in [0.5, 0.6) is 0 Å². The maximum Gasteiger partial charge on any atom is 0.0223 e. The van der Waals surface area contributed by atoms with Crippen molar-refractivity contribution in [2.24, 2.45) is 5.41 Å². The molecule has 2 aliphatic rings. The summed E-state index contributed by atoms with van der Waals surface area (Å²) < 4.78 is 0. The molecule has 0 unspecified atom stereocenters. The molecule has 0 bridgehead atoms. The van der Waals surface area contributed by atoms with E-state index in [0.29, 0.717) is 0 Å². The van der Waals surface area contributed by atoms with E-state index in [1.807, 2.05) is 0 Å². The third-order valence-corrected chi connectivity index (χ3v) is 4.96. The number of hydrogen-bond acceptors (Lipinski definition) is 1. The van der Waals surface area contributed by atoms with Crippen LogP contribution in [0, 0.1) is 5.41 Å². The fraction of sp³-hybridized carbons (Fsp3) is 1.00. The summed E-state index contributed by atoms with van der Waals surface area (Å²) in [6.07, 6.45) is 12.8. The monoisotopic (exact) mass is 243 g/mol. The fourth-order valence-corrected chi connectivity index (χ4v) is 3.67. The maximum absolute atomic E-state index is 5.69. The first-order valence-corrected chi connectivity index (χ1v) is 7.66. The Hall–Kier alpha value is 0.250. The lowest BCUT2D eigenvalue weighted by atomic mass is 9.77. The molecule has 1 aliphatic heterocycles. The molecule has 1 saturated carbocycles. The highest BCUT2D eigenvalue weighted by atomic mass is 35.5. The fourth-order valence-electron chi connectivity index (χ4n) is 3.48. The largest absolute Gasteiger partial charge is 0.303 e. The van der Waals surface area contributed by atoms with Crippen molar-refractivity contribution in [2.75, 3.05) is 25.5 Å². The molecule has 0 atom stereocenters. The lowest BCUT2D eigenvalue weighted by Crippen LogP contribution is -2.39. The molecule has 0 aromatic heterocycles. The molecule has 0 N–H and O–H groups in total. The highest BCUT2D eigenvalue weighted by Crippen LogP contribution is 2.46. The van der Waals surface area contributed by atoms with Crippen LogP contribution in [0.1, 0.15) is 57.8 Å². The van der Waals surface area contributed by atoms with E-state index in [-0.39, 0.29) is 0 Å². The molecule has 0 radical (unpaired) electrons. The van der Waals surface area contributed by atoms with Crippen LogP contribution in [0.4, 0.5) is 0 Å². The molecule has 2 fully saturated rings. The topological polar surface area (TPSA) is 3.24 Å². The highest BCUT2D eigenvalue weighted by molar-refractivity contribution is 6.17. The summed E-state index contributed by atoms with van der Waals surface area (Å²) in [4.78, 5) is 2.68. The first-order chi connectivity index (χ1) is 7.85. The Morgan fingerprint density at radius 2 is 1.56 bits per heavy atom. The van der Waals surface area contributed by atoms with Gasteiger partial charge in [-0.2, -0.15) is 0 Å². The van der Waals surface area contributed by atoms with Crippen molar-refractivity contribution in [3.8, 4) is 0 Å². The number of nitrogens with zero attached hydrogens (tertiary/aromatic N) is 1. The molecule has 1 aliphatic carbocycles. The normalized spacial score (nSPS) is 25.3. The van der Waals surface area contributed by atoms with Gasteiger partial charge in [-0.05, 0) is 63.6 Å². The van der Waals surface area contributed by atoms with E-state index in [0.717, 1.165) is 11.3 Å². The number of piperidine rings is 1. The molecule has 94 valence electrons. The lowest BCUT2D eigenvalue weighted by Gasteiger charge is -2.39. The lowest BCUT2D eigenvalue weighted by molar-refractivity contribution is 0.107. The number of alkyl halides is 1. The highest BCUT2D eigenvalue weighted by Gasteiger charge is 2.36. The van der Waals surface area contributed by atoms with Gasteiger partial charge in [-0.15, -0.1) is 11.6 Å². The van der Waals surface area contributed by atoms with Crippen molar-refractivity contribution < 1.29 is 0 Å². The zero-order valence-corrected chi connectivity index (χ0v) is 11.3. The first-order valence-electron chi connectivity index (χ1n) is 7.13. The van der Waals surface area contributed by atoms with Gasteiger partial charge in [-0.3, -0.25) is 0 Å². The minimum absolute atomic E-state index is 0.784. The summed E-state index contributed by atoms with van der Waals surface area (Å²) in [5.74, 6) is 0.836. The van der Waals surface area contributed by atoms with Crippen molar-refractivity contribution in [2.45, 2.75) is 57.8 Å². The van der Waals surface area contributed by atoms with Crippen LogP contribution in [0.3, 0.4) is 0 Å². The van der Waals surface area contributed by atoms with Gasteiger partial charge in [0, 0.05) is 5.88 Å². The van der Waals surface area contributed by atoms with E-state index < -0.39 is 0 Å². The van der Waals surface area contributed by atoms with Gasteiger partial charge in [0.2, 0.25) is 0 Å². The smallest absolute Gasteiger partial charge is 0.0223 e. The van der Waals surface area contributed by atoms with E-state index in [4.69, 9.17) is 11.6 Å². The minimum Gasteiger partial charge on any atom is -0.303 e. The summed E-state index contributed by atoms with van der Waals surface area (Å²) in [5, 5.41) is 0. The minimum atomic E-state index is 0.784. The Morgan fingerprint density at radius 1 is 0.875 bits per heavy atom. The van der Waals surface area contributed by atoms with Gasteiger partial charge in [0.1, 0.15) is 0 Å². The van der Waals surface area contributed by atoms with Crippen molar-refractivity contribution in [1.29, 1.82) is 0 Å². The van der Waals surface area contributed by atoms with E-state index in [2.05, 4.69) is 4.90 Å². The van der Waals surface area contributed by atoms with Crippen LogP contribution >= 0.6 is 11.6 Å². The first kappa shape index (κ1) is 12.7. The van der Waals surface area contributed by atoms with Gasteiger partial charge >= 0.3 is 0 Å². The van der Waals surface area contributed by atoms with Gasteiger partial charge in [0.15, 0.2) is 0 Å². The average molecular weight is 244 g/mol. The van der Waals surface area contributed by atoms with Crippen molar-refractivity contribution >= 4 is 11.6 Å². The summed E-state index contributed by atoms with van der Waals surface area (Å²) in [7, 11) is 0. The quantitative estimate of drug-likeness (QED) is 0.520. The summed E-state index contributed by atoms with van der Waals surface area (Å²) >= 11 is 5.69.